The van der Waals surface area contributed by atoms with Crippen molar-refractivity contribution >= 4 is 17.2 Å². The van der Waals surface area contributed by atoms with Gasteiger partial charge in [-0.2, -0.15) is 9.61 Å². The molecule has 0 radical (unpaired) electrons. The van der Waals surface area contributed by atoms with Crippen LogP contribution < -0.4 is 0 Å². The molecule has 0 aliphatic heterocycles. The maximum absolute atomic E-state index is 10.4. The zero-order valence-corrected chi connectivity index (χ0v) is 12.0. The topological polar surface area (TPSA) is 50.4 Å². The molecule has 0 saturated heterocycles. The van der Waals surface area contributed by atoms with E-state index in [0.717, 1.165) is 22.4 Å². The molecule has 3 aromatic rings. The normalized spacial score (nSPS) is 11.2. The predicted molar refractivity (Wildman–Crippen MR) is 78.4 cm³/mol. The van der Waals surface area contributed by atoms with E-state index in [1.54, 1.807) is 6.20 Å². The highest BCUT2D eigenvalue weighted by Crippen LogP contribution is 2.25. The van der Waals surface area contributed by atoms with Gasteiger partial charge in [-0.3, -0.25) is 0 Å². The van der Waals surface area contributed by atoms with Crippen molar-refractivity contribution < 1.29 is 5.11 Å². The fraction of sp³-hybridized carbons (Fsp3) is 0.200. The van der Waals surface area contributed by atoms with Crippen LogP contribution in [-0.4, -0.2) is 19.7 Å². The quantitative estimate of drug-likeness (QED) is 0.787. The van der Waals surface area contributed by atoms with Gasteiger partial charge in [0.25, 0.3) is 0 Å². The Kier molecular flexibility index (Phi) is 3.10. The number of aryl methyl sites for hydroxylation is 2. The number of aromatic hydroxyl groups is 1. The summed E-state index contributed by atoms with van der Waals surface area (Å²) in [5.41, 5.74) is 4.30. The first-order chi connectivity index (χ1) is 9.56. The summed E-state index contributed by atoms with van der Waals surface area (Å²) in [5.74, 6) is 0.149. The highest BCUT2D eigenvalue weighted by atomic mass is 35.5. The molecule has 0 aliphatic rings. The van der Waals surface area contributed by atoms with Crippen molar-refractivity contribution in [3.05, 3.63) is 57.9 Å². The maximum Gasteiger partial charge on any atom is 0.219 e. The minimum atomic E-state index is 0.149. The Balaban J connectivity index is 2.09. The van der Waals surface area contributed by atoms with Gasteiger partial charge in [-0.25, -0.2) is 4.98 Å². The fourth-order valence-electron chi connectivity index (χ4n) is 2.24. The highest BCUT2D eigenvalue weighted by Gasteiger charge is 2.14. The van der Waals surface area contributed by atoms with Crippen molar-refractivity contribution in [2.45, 2.75) is 20.3 Å². The molecule has 1 aromatic carbocycles. The Bertz CT molecular complexity index is 778. The molecule has 3 rings (SSSR count). The van der Waals surface area contributed by atoms with Gasteiger partial charge in [0.1, 0.15) is 0 Å². The van der Waals surface area contributed by atoms with E-state index in [1.165, 1.54) is 4.52 Å². The summed E-state index contributed by atoms with van der Waals surface area (Å²) in [6, 6.07) is 7.57. The van der Waals surface area contributed by atoms with E-state index in [0.29, 0.717) is 17.1 Å². The molecule has 1 N–H and O–H groups in total. The summed E-state index contributed by atoms with van der Waals surface area (Å²) >= 11 is 5.88. The Morgan fingerprint density at radius 3 is 2.60 bits per heavy atom. The summed E-state index contributed by atoms with van der Waals surface area (Å²) in [4.78, 5) is 4.52. The van der Waals surface area contributed by atoms with Crippen LogP contribution in [-0.2, 0) is 6.42 Å². The Morgan fingerprint density at radius 2 is 1.90 bits per heavy atom. The van der Waals surface area contributed by atoms with E-state index in [9.17, 15) is 5.11 Å². The van der Waals surface area contributed by atoms with Gasteiger partial charge in [0, 0.05) is 28.3 Å². The van der Waals surface area contributed by atoms with Gasteiger partial charge in [-0.05, 0) is 31.5 Å². The molecule has 20 heavy (non-hydrogen) atoms. The average Bonchev–Trinajstić information content (AvgIpc) is 2.79. The summed E-state index contributed by atoms with van der Waals surface area (Å²) in [7, 11) is 0. The molecule has 0 bridgehead atoms. The third-order valence-electron chi connectivity index (χ3n) is 3.40. The number of aromatic nitrogens is 3. The van der Waals surface area contributed by atoms with Crippen LogP contribution in [0.2, 0.25) is 5.02 Å². The molecule has 4 nitrogen and oxygen atoms in total. The number of hydrogen-bond acceptors (Lipinski definition) is 3. The van der Waals surface area contributed by atoms with Crippen LogP contribution in [0.5, 0.6) is 5.88 Å². The number of benzene rings is 1. The van der Waals surface area contributed by atoms with Crippen molar-refractivity contribution in [2.75, 3.05) is 0 Å². The molecule has 0 unspecified atom stereocenters. The SMILES string of the molecule is Cc1nc2c(C)cnn2c(O)c1Cc1ccc(Cl)cc1. The van der Waals surface area contributed by atoms with E-state index < -0.39 is 0 Å². The summed E-state index contributed by atoms with van der Waals surface area (Å²) in [5, 5.41) is 15.3. The van der Waals surface area contributed by atoms with Crippen LogP contribution in [0, 0.1) is 13.8 Å². The lowest BCUT2D eigenvalue weighted by Gasteiger charge is -2.10. The third kappa shape index (κ3) is 2.12. The number of rotatable bonds is 2. The van der Waals surface area contributed by atoms with Crippen LogP contribution in [0.15, 0.2) is 30.5 Å². The molecule has 2 heterocycles. The lowest BCUT2D eigenvalue weighted by molar-refractivity contribution is 0.428. The zero-order valence-electron chi connectivity index (χ0n) is 11.3. The zero-order chi connectivity index (χ0) is 14.3. The number of hydrogen-bond donors (Lipinski definition) is 1. The van der Waals surface area contributed by atoms with Gasteiger partial charge in [-0.1, -0.05) is 23.7 Å². The van der Waals surface area contributed by atoms with Crippen molar-refractivity contribution in [2.24, 2.45) is 0 Å². The van der Waals surface area contributed by atoms with Crippen LogP contribution in [0.3, 0.4) is 0 Å². The number of halogens is 1. The van der Waals surface area contributed by atoms with Gasteiger partial charge >= 0.3 is 0 Å². The van der Waals surface area contributed by atoms with Crippen LogP contribution in [0.25, 0.3) is 5.65 Å². The molecule has 0 spiro atoms. The molecular formula is C15H14ClN3O. The maximum atomic E-state index is 10.4. The van der Waals surface area contributed by atoms with E-state index >= 15 is 0 Å². The molecule has 5 heteroatoms. The molecular weight excluding hydrogens is 274 g/mol. The minimum Gasteiger partial charge on any atom is -0.493 e. The minimum absolute atomic E-state index is 0.149. The van der Waals surface area contributed by atoms with E-state index in [2.05, 4.69) is 10.1 Å². The van der Waals surface area contributed by atoms with Crippen molar-refractivity contribution in [1.29, 1.82) is 0 Å². The fourth-order valence-corrected chi connectivity index (χ4v) is 2.37. The average molecular weight is 288 g/mol. The monoisotopic (exact) mass is 287 g/mol. The molecule has 0 fully saturated rings. The van der Waals surface area contributed by atoms with E-state index in [-0.39, 0.29) is 5.88 Å². The molecule has 0 saturated carbocycles. The second kappa shape index (κ2) is 4.80. The first kappa shape index (κ1) is 12.9. The van der Waals surface area contributed by atoms with Gasteiger partial charge < -0.3 is 5.11 Å². The second-order valence-corrected chi connectivity index (χ2v) is 5.30. The van der Waals surface area contributed by atoms with Gasteiger partial charge in [-0.15, -0.1) is 0 Å². The summed E-state index contributed by atoms with van der Waals surface area (Å²) in [6.45, 7) is 3.82. The lowest BCUT2D eigenvalue weighted by Crippen LogP contribution is -2.02. The van der Waals surface area contributed by atoms with Gasteiger partial charge in [0.2, 0.25) is 5.88 Å². The first-order valence-corrected chi connectivity index (χ1v) is 6.71. The van der Waals surface area contributed by atoms with Crippen LogP contribution in [0.1, 0.15) is 22.4 Å². The van der Waals surface area contributed by atoms with Crippen LogP contribution >= 0.6 is 11.6 Å². The van der Waals surface area contributed by atoms with Crippen molar-refractivity contribution in [1.82, 2.24) is 14.6 Å². The Labute approximate surface area is 121 Å². The Hall–Kier alpha value is -2.07. The van der Waals surface area contributed by atoms with Gasteiger partial charge in [0.05, 0.1) is 6.20 Å². The third-order valence-corrected chi connectivity index (χ3v) is 3.65. The van der Waals surface area contributed by atoms with Gasteiger partial charge in [0.15, 0.2) is 5.65 Å². The molecule has 102 valence electrons. The largest absolute Gasteiger partial charge is 0.493 e. The number of fused-ring (bicyclic) bond motifs is 1. The summed E-state index contributed by atoms with van der Waals surface area (Å²) in [6.07, 6.45) is 2.30. The van der Waals surface area contributed by atoms with Crippen molar-refractivity contribution in [3.8, 4) is 5.88 Å². The van der Waals surface area contributed by atoms with E-state index in [1.807, 2.05) is 38.1 Å². The molecule has 0 amide bonds. The standard InChI is InChI=1S/C15H14ClN3O/c1-9-8-17-19-14(9)18-10(2)13(15(19)20)7-11-3-5-12(16)6-4-11/h3-6,8,20H,7H2,1-2H3. The molecule has 0 aliphatic carbocycles. The molecule has 2 aromatic heterocycles. The number of nitrogens with zero attached hydrogens (tertiary/aromatic N) is 3. The lowest BCUT2D eigenvalue weighted by atomic mass is 10.0. The van der Waals surface area contributed by atoms with Crippen LogP contribution in [0.4, 0.5) is 0 Å². The predicted octanol–water partition coefficient (Wildman–Crippen LogP) is 3.30. The summed E-state index contributed by atoms with van der Waals surface area (Å²) < 4.78 is 1.48. The van der Waals surface area contributed by atoms with Crippen molar-refractivity contribution in [3.63, 3.8) is 0 Å². The highest BCUT2D eigenvalue weighted by molar-refractivity contribution is 6.30. The first-order valence-electron chi connectivity index (χ1n) is 6.33. The molecule has 0 atom stereocenters. The second-order valence-electron chi connectivity index (χ2n) is 4.87. The smallest absolute Gasteiger partial charge is 0.219 e. The van der Waals surface area contributed by atoms with E-state index in [4.69, 9.17) is 11.6 Å². The Morgan fingerprint density at radius 1 is 1.20 bits per heavy atom.